The van der Waals surface area contributed by atoms with E-state index in [2.05, 4.69) is 44.2 Å². The molecule has 5 heterocycles. The fraction of sp³-hybridized carbons (Fsp3) is 0.727. The largest absolute Gasteiger partial charge is 0.387 e. The summed E-state index contributed by atoms with van der Waals surface area (Å²) in [5.41, 5.74) is 1.16. The molecule has 180 valence electrons. The summed E-state index contributed by atoms with van der Waals surface area (Å²) in [6, 6.07) is 1.34. The molecule has 0 aliphatic carbocycles. The van der Waals surface area contributed by atoms with Gasteiger partial charge in [-0.1, -0.05) is 0 Å². The summed E-state index contributed by atoms with van der Waals surface area (Å²) in [5.74, 6) is 0.349. The average molecular weight is 460 g/mol. The summed E-state index contributed by atoms with van der Waals surface area (Å²) in [7, 11) is 4.30. The number of piperidine rings is 2. The Balaban J connectivity index is 1.47. The maximum Gasteiger partial charge on any atom is 0.252 e. The Morgan fingerprint density at radius 3 is 2.58 bits per heavy atom. The highest BCUT2D eigenvalue weighted by Gasteiger charge is 2.48. The lowest BCUT2D eigenvalue weighted by atomic mass is 9.81. The van der Waals surface area contributed by atoms with Gasteiger partial charge in [0, 0.05) is 24.7 Å². The van der Waals surface area contributed by atoms with Crippen LogP contribution < -0.4 is 10.2 Å². The van der Waals surface area contributed by atoms with Crippen molar-refractivity contribution in [2.45, 2.75) is 81.7 Å². The van der Waals surface area contributed by atoms with E-state index in [1.807, 2.05) is 0 Å². The highest BCUT2D eigenvalue weighted by molar-refractivity contribution is 5.84. The zero-order chi connectivity index (χ0) is 23.3. The molecule has 0 aromatic carbocycles. The first kappa shape index (κ1) is 22.5. The van der Waals surface area contributed by atoms with Gasteiger partial charge in [-0.3, -0.25) is 9.36 Å². The zero-order valence-electron chi connectivity index (χ0n) is 19.3. The number of nitrogens with one attached hydrogen (secondary N) is 1. The number of anilines is 1. The van der Waals surface area contributed by atoms with Crippen molar-refractivity contribution in [3.8, 4) is 0 Å². The molecule has 11 nitrogen and oxygen atoms in total. The Kier molecular flexibility index (Phi) is 5.98. The Hall–Kier alpha value is -2.34. The summed E-state index contributed by atoms with van der Waals surface area (Å²) in [6.45, 7) is 2.19. The van der Waals surface area contributed by atoms with E-state index in [0.717, 1.165) is 31.5 Å². The summed E-state index contributed by atoms with van der Waals surface area (Å²) in [4.78, 5) is 30.7. The van der Waals surface area contributed by atoms with E-state index in [1.54, 1.807) is 17.8 Å². The number of rotatable bonds is 5. The monoisotopic (exact) mass is 459 g/mol. The maximum atomic E-state index is 12.3. The molecule has 0 saturated carbocycles. The lowest BCUT2D eigenvalue weighted by Gasteiger charge is -2.50. The van der Waals surface area contributed by atoms with Crippen molar-refractivity contribution in [1.29, 1.82) is 0 Å². The second-order valence-electron chi connectivity index (χ2n) is 9.58. The Bertz CT molecular complexity index is 1000. The van der Waals surface area contributed by atoms with Crippen molar-refractivity contribution < 1.29 is 19.7 Å². The number of nitrogens with zero attached hydrogens (tertiary/aromatic N) is 6. The third-order valence-corrected chi connectivity index (χ3v) is 7.39. The summed E-state index contributed by atoms with van der Waals surface area (Å²) in [6.07, 6.45) is 3.93. The van der Waals surface area contributed by atoms with Crippen LogP contribution in [0.3, 0.4) is 0 Å². The molecule has 33 heavy (non-hydrogen) atoms. The molecule has 0 radical (unpaired) electrons. The minimum atomic E-state index is -1.34. The van der Waals surface area contributed by atoms with Gasteiger partial charge in [0.15, 0.2) is 29.3 Å². The minimum Gasteiger partial charge on any atom is -0.387 e. The minimum absolute atomic E-state index is 0.394. The first-order valence-corrected chi connectivity index (χ1v) is 11.8. The van der Waals surface area contributed by atoms with Crippen molar-refractivity contribution in [1.82, 2.24) is 29.7 Å². The normalized spacial score (nSPS) is 34.2. The van der Waals surface area contributed by atoms with E-state index in [-0.39, 0.29) is 0 Å². The molecule has 11 heteroatoms. The second-order valence-corrected chi connectivity index (χ2v) is 9.58. The number of hydrogen-bond donors (Lipinski definition) is 3. The van der Waals surface area contributed by atoms with Crippen LogP contribution in [0.5, 0.6) is 0 Å². The number of fused-ring (bicyclic) bond motifs is 3. The van der Waals surface area contributed by atoms with Crippen LogP contribution in [0.2, 0.25) is 0 Å². The molecule has 2 aromatic rings. The van der Waals surface area contributed by atoms with Crippen molar-refractivity contribution in [2.24, 2.45) is 0 Å². The standard InChI is InChI=1S/C22H33N7O4/c1-4-23-21(32)18-16(30)17(31)22(33-18)28-11-26-15-19(28)24-10-25-20(15)29-12-6-5-7-13(29)9-14(8-12)27(2)3/h10-14,16-18,22,30-31H,4-9H2,1-3H3,(H,23,32)/t12-,13+,14?,16-,17+,18-,22+/m0/s1. The Morgan fingerprint density at radius 1 is 1.18 bits per heavy atom. The quantitative estimate of drug-likeness (QED) is 0.567. The van der Waals surface area contributed by atoms with Gasteiger partial charge in [-0.2, -0.15) is 0 Å². The van der Waals surface area contributed by atoms with Crippen molar-refractivity contribution >= 4 is 22.9 Å². The molecule has 0 spiro atoms. The van der Waals surface area contributed by atoms with Gasteiger partial charge < -0.3 is 30.1 Å². The van der Waals surface area contributed by atoms with Gasteiger partial charge in [-0.15, -0.1) is 0 Å². The van der Waals surface area contributed by atoms with Gasteiger partial charge in [0.2, 0.25) is 0 Å². The fourth-order valence-corrected chi connectivity index (χ4v) is 5.72. The molecule has 1 amide bonds. The summed E-state index contributed by atoms with van der Waals surface area (Å²) in [5, 5.41) is 23.7. The third-order valence-electron chi connectivity index (χ3n) is 7.39. The van der Waals surface area contributed by atoms with Crippen LogP contribution in [0.1, 0.15) is 45.3 Å². The van der Waals surface area contributed by atoms with Gasteiger partial charge in [-0.05, 0) is 53.1 Å². The van der Waals surface area contributed by atoms with Crippen LogP contribution in [-0.4, -0.2) is 97.6 Å². The van der Waals surface area contributed by atoms with Crippen LogP contribution in [-0.2, 0) is 9.53 Å². The molecule has 1 unspecified atom stereocenters. The number of carbonyl (C=O) groups is 1. The predicted molar refractivity (Wildman–Crippen MR) is 121 cm³/mol. The number of aliphatic hydroxyl groups excluding tert-OH is 2. The molecule has 7 atom stereocenters. The van der Waals surface area contributed by atoms with E-state index in [4.69, 9.17) is 4.74 Å². The van der Waals surface area contributed by atoms with Crippen LogP contribution in [0.15, 0.2) is 12.7 Å². The first-order valence-electron chi connectivity index (χ1n) is 11.8. The molecule has 3 aliphatic heterocycles. The molecule has 3 N–H and O–H groups in total. The van der Waals surface area contributed by atoms with Crippen LogP contribution in [0.25, 0.3) is 11.2 Å². The topological polar surface area (TPSA) is 129 Å². The number of carbonyl (C=O) groups excluding carboxylic acids is 1. The lowest BCUT2D eigenvalue weighted by molar-refractivity contribution is -0.137. The number of aliphatic hydroxyl groups is 2. The van der Waals surface area contributed by atoms with E-state index < -0.39 is 30.4 Å². The van der Waals surface area contributed by atoms with Gasteiger partial charge in [0.25, 0.3) is 5.91 Å². The van der Waals surface area contributed by atoms with Gasteiger partial charge in [0.05, 0.1) is 6.33 Å². The predicted octanol–water partition coefficient (Wildman–Crippen LogP) is 0.0331. The van der Waals surface area contributed by atoms with E-state index in [9.17, 15) is 15.0 Å². The Morgan fingerprint density at radius 2 is 1.91 bits per heavy atom. The average Bonchev–Trinajstić information content (AvgIpc) is 3.34. The van der Waals surface area contributed by atoms with Crippen molar-refractivity contribution in [3.63, 3.8) is 0 Å². The molecule has 2 bridgehead atoms. The number of amides is 1. The molecular weight excluding hydrogens is 426 g/mol. The fourth-order valence-electron chi connectivity index (χ4n) is 5.72. The van der Waals surface area contributed by atoms with Crippen LogP contribution in [0.4, 0.5) is 5.82 Å². The molecule has 3 fully saturated rings. The summed E-state index contributed by atoms with van der Waals surface area (Å²) < 4.78 is 7.38. The second kappa shape index (κ2) is 8.79. The van der Waals surface area contributed by atoms with Gasteiger partial charge in [-0.25, -0.2) is 15.0 Å². The molecular formula is C22H33N7O4. The smallest absolute Gasteiger partial charge is 0.252 e. The highest BCUT2D eigenvalue weighted by atomic mass is 16.6. The van der Waals surface area contributed by atoms with Gasteiger partial charge in [0.1, 0.15) is 18.5 Å². The maximum absolute atomic E-state index is 12.3. The lowest BCUT2D eigenvalue weighted by Crippen LogP contribution is -2.56. The molecule has 3 saturated heterocycles. The zero-order valence-corrected chi connectivity index (χ0v) is 19.3. The number of likely N-dealkylation sites (N-methyl/N-ethyl adjacent to an activating group) is 1. The number of ether oxygens (including phenoxy) is 1. The van der Waals surface area contributed by atoms with Crippen molar-refractivity contribution in [2.75, 3.05) is 25.5 Å². The van der Waals surface area contributed by atoms with E-state index in [1.165, 1.54) is 12.7 Å². The Labute approximate surface area is 192 Å². The third kappa shape index (κ3) is 3.76. The number of imidazole rings is 1. The molecule has 2 aromatic heterocycles. The van der Waals surface area contributed by atoms with Crippen molar-refractivity contribution in [3.05, 3.63) is 12.7 Å². The number of hydrogen-bond acceptors (Lipinski definition) is 9. The number of aromatic nitrogens is 4. The van der Waals surface area contributed by atoms with Crippen LogP contribution in [0, 0.1) is 0 Å². The van der Waals surface area contributed by atoms with Gasteiger partial charge >= 0.3 is 0 Å². The first-order chi connectivity index (χ1) is 15.9. The van der Waals surface area contributed by atoms with E-state index in [0.29, 0.717) is 35.8 Å². The van der Waals surface area contributed by atoms with Crippen LogP contribution >= 0.6 is 0 Å². The molecule has 3 aliphatic rings. The molecule has 5 rings (SSSR count). The highest BCUT2D eigenvalue weighted by Crippen LogP contribution is 2.40. The van der Waals surface area contributed by atoms with E-state index >= 15 is 0 Å². The summed E-state index contributed by atoms with van der Waals surface area (Å²) >= 11 is 0. The SMILES string of the molecule is CCNC(=O)[C@H]1O[C@@H](n2cnc3c(N4[C@@H]5CCC[C@H]4CC(N(C)C)C5)ncnc32)[C@H](O)[C@@H]1O.